The summed E-state index contributed by atoms with van der Waals surface area (Å²) < 4.78 is 7.78. The van der Waals surface area contributed by atoms with E-state index in [0.717, 1.165) is 35.6 Å². The number of fused-ring (bicyclic) bond motifs is 1. The molecule has 1 aromatic heterocycles. The third-order valence-electron chi connectivity index (χ3n) is 4.14. The summed E-state index contributed by atoms with van der Waals surface area (Å²) in [5.41, 5.74) is 3.26. The zero-order valence-corrected chi connectivity index (χ0v) is 13.7. The van der Waals surface area contributed by atoms with Gasteiger partial charge in [0.05, 0.1) is 18.9 Å². The van der Waals surface area contributed by atoms with Gasteiger partial charge in [0.25, 0.3) is 0 Å². The summed E-state index contributed by atoms with van der Waals surface area (Å²) >= 11 is 0. The minimum atomic E-state index is 0.0445. The van der Waals surface area contributed by atoms with Crippen LogP contribution in [0.25, 0.3) is 0 Å². The molecule has 0 unspecified atom stereocenters. The van der Waals surface area contributed by atoms with Crippen LogP contribution in [0.4, 0.5) is 5.82 Å². The Morgan fingerprint density at radius 1 is 1.35 bits per heavy atom. The van der Waals surface area contributed by atoms with Gasteiger partial charge in [0, 0.05) is 24.4 Å². The normalized spacial score (nSPS) is 17.0. The number of benzene rings is 1. The molecule has 1 aliphatic rings. The predicted octanol–water partition coefficient (Wildman–Crippen LogP) is 3.24. The first-order chi connectivity index (χ1) is 11.2. The van der Waals surface area contributed by atoms with Gasteiger partial charge in [-0.05, 0) is 18.9 Å². The van der Waals surface area contributed by atoms with Crippen molar-refractivity contribution in [2.24, 2.45) is 0 Å². The number of nitrogens with one attached hydrogen (secondary N) is 1. The van der Waals surface area contributed by atoms with Crippen LogP contribution in [-0.4, -0.2) is 22.3 Å². The summed E-state index contributed by atoms with van der Waals surface area (Å²) in [5.74, 6) is 0.977. The molecular formula is C18H23N3O2. The van der Waals surface area contributed by atoms with E-state index in [1.807, 2.05) is 41.9 Å². The molecule has 0 saturated carbocycles. The highest BCUT2D eigenvalue weighted by Gasteiger charge is 2.31. The minimum Gasteiger partial charge on any atom is -0.376 e. The van der Waals surface area contributed by atoms with Crippen molar-refractivity contribution in [3.05, 3.63) is 47.2 Å². The van der Waals surface area contributed by atoms with Gasteiger partial charge < -0.3 is 10.1 Å². The first-order valence-electron chi connectivity index (χ1n) is 8.17. The summed E-state index contributed by atoms with van der Waals surface area (Å²) in [7, 11) is 0. The molecule has 5 nitrogen and oxygen atoms in total. The van der Waals surface area contributed by atoms with Crippen molar-refractivity contribution in [1.82, 2.24) is 9.78 Å². The maximum absolute atomic E-state index is 12.0. The molecular weight excluding hydrogens is 290 g/mol. The van der Waals surface area contributed by atoms with Crippen molar-refractivity contribution >= 4 is 11.7 Å². The summed E-state index contributed by atoms with van der Waals surface area (Å²) in [6.07, 6.45) is 1.44. The van der Waals surface area contributed by atoms with Gasteiger partial charge >= 0.3 is 0 Å². The number of hydrogen-bond donors (Lipinski definition) is 1. The van der Waals surface area contributed by atoms with E-state index in [1.54, 1.807) is 0 Å². The molecule has 1 amide bonds. The molecule has 3 rings (SSSR count). The fourth-order valence-electron chi connectivity index (χ4n) is 3.13. The fraction of sp³-hybridized carbons (Fsp3) is 0.444. The minimum absolute atomic E-state index is 0.0445. The van der Waals surface area contributed by atoms with Crippen LogP contribution in [0, 0.1) is 6.92 Å². The molecule has 0 bridgehead atoms. The van der Waals surface area contributed by atoms with Crippen LogP contribution >= 0.6 is 0 Å². The Morgan fingerprint density at radius 2 is 2.13 bits per heavy atom. The first kappa shape index (κ1) is 15.7. The average molecular weight is 313 g/mol. The van der Waals surface area contributed by atoms with Crippen molar-refractivity contribution < 1.29 is 9.53 Å². The second-order valence-corrected chi connectivity index (χ2v) is 6.02. The van der Waals surface area contributed by atoms with Gasteiger partial charge in [0.1, 0.15) is 5.82 Å². The zero-order chi connectivity index (χ0) is 16.2. The highest BCUT2D eigenvalue weighted by atomic mass is 16.5. The number of aryl methyl sites for hydroxylation is 2. The molecule has 0 saturated heterocycles. The second-order valence-electron chi connectivity index (χ2n) is 6.02. The Labute approximate surface area is 136 Å². The number of amides is 1. The molecule has 2 aromatic rings. The van der Waals surface area contributed by atoms with Crippen molar-refractivity contribution in [1.29, 1.82) is 0 Å². The predicted molar refractivity (Wildman–Crippen MR) is 89.3 cm³/mol. The SMILES string of the molecule is CCCn1nc(C)c2c1NC(=O)C[C@H]2COCc1ccccc1. The standard InChI is InChI=1S/C18H23N3O2/c1-3-9-21-18-17(13(2)20-21)15(10-16(22)19-18)12-23-11-14-7-5-4-6-8-14/h4-8,15H,3,9-12H2,1-2H3,(H,19,22)/t15-/m0/s1. The molecule has 0 radical (unpaired) electrons. The number of carbonyl (C=O) groups is 1. The van der Waals surface area contributed by atoms with E-state index in [9.17, 15) is 4.79 Å². The van der Waals surface area contributed by atoms with Crippen LogP contribution < -0.4 is 5.32 Å². The molecule has 23 heavy (non-hydrogen) atoms. The van der Waals surface area contributed by atoms with Gasteiger partial charge in [-0.1, -0.05) is 37.3 Å². The Hall–Kier alpha value is -2.14. The van der Waals surface area contributed by atoms with Crippen LogP contribution in [0.1, 0.15) is 42.5 Å². The van der Waals surface area contributed by atoms with Crippen LogP contribution in [-0.2, 0) is 22.7 Å². The molecule has 0 spiro atoms. The van der Waals surface area contributed by atoms with Crippen molar-refractivity contribution in [3.8, 4) is 0 Å². The number of nitrogens with zero attached hydrogens (tertiary/aromatic N) is 2. The molecule has 0 fully saturated rings. The Balaban J connectivity index is 1.72. The lowest BCUT2D eigenvalue weighted by Gasteiger charge is -2.24. The highest BCUT2D eigenvalue weighted by Crippen LogP contribution is 2.35. The highest BCUT2D eigenvalue weighted by molar-refractivity contribution is 5.94. The molecule has 1 aromatic carbocycles. The van der Waals surface area contributed by atoms with E-state index in [-0.39, 0.29) is 11.8 Å². The van der Waals surface area contributed by atoms with Gasteiger partial charge in [-0.15, -0.1) is 0 Å². The molecule has 1 atom stereocenters. The summed E-state index contributed by atoms with van der Waals surface area (Å²) in [6.45, 7) is 6.03. The van der Waals surface area contributed by atoms with Crippen molar-refractivity contribution in [2.45, 2.75) is 45.8 Å². The van der Waals surface area contributed by atoms with E-state index < -0.39 is 0 Å². The Bertz CT molecular complexity index is 679. The fourth-order valence-corrected chi connectivity index (χ4v) is 3.13. The van der Waals surface area contributed by atoms with Gasteiger partial charge in [0.15, 0.2) is 0 Å². The van der Waals surface area contributed by atoms with Crippen molar-refractivity contribution in [3.63, 3.8) is 0 Å². The molecule has 2 heterocycles. The molecule has 5 heteroatoms. The third-order valence-corrected chi connectivity index (χ3v) is 4.14. The van der Waals surface area contributed by atoms with Crippen LogP contribution in [0.5, 0.6) is 0 Å². The number of anilines is 1. The number of rotatable bonds is 6. The van der Waals surface area contributed by atoms with E-state index in [1.165, 1.54) is 0 Å². The summed E-state index contributed by atoms with van der Waals surface area (Å²) in [4.78, 5) is 12.0. The quantitative estimate of drug-likeness (QED) is 0.890. The topological polar surface area (TPSA) is 56.2 Å². The van der Waals surface area contributed by atoms with Gasteiger partial charge in [-0.2, -0.15) is 5.10 Å². The summed E-state index contributed by atoms with van der Waals surface area (Å²) in [5, 5.41) is 7.56. The van der Waals surface area contributed by atoms with E-state index in [4.69, 9.17) is 4.74 Å². The van der Waals surface area contributed by atoms with E-state index in [0.29, 0.717) is 19.6 Å². The zero-order valence-electron chi connectivity index (χ0n) is 13.7. The van der Waals surface area contributed by atoms with Gasteiger partial charge in [0.2, 0.25) is 5.91 Å². The van der Waals surface area contributed by atoms with Gasteiger partial charge in [-0.25, -0.2) is 4.68 Å². The van der Waals surface area contributed by atoms with Crippen LogP contribution in [0.3, 0.4) is 0 Å². The van der Waals surface area contributed by atoms with Crippen molar-refractivity contribution in [2.75, 3.05) is 11.9 Å². The summed E-state index contributed by atoms with van der Waals surface area (Å²) in [6, 6.07) is 10.1. The largest absolute Gasteiger partial charge is 0.376 e. The third kappa shape index (κ3) is 3.45. The lowest BCUT2D eigenvalue weighted by Crippen LogP contribution is -2.26. The molecule has 1 N–H and O–H groups in total. The van der Waals surface area contributed by atoms with E-state index in [2.05, 4.69) is 17.3 Å². The van der Waals surface area contributed by atoms with Crippen LogP contribution in [0.2, 0.25) is 0 Å². The molecule has 0 aliphatic carbocycles. The maximum Gasteiger partial charge on any atom is 0.226 e. The number of aromatic nitrogens is 2. The second kappa shape index (κ2) is 6.96. The molecule has 1 aliphatic heterocycles. The lowest BCUT2D eigenvalue weighted by molar-refractivity contribution is -0.117. The Morgan fingerprint density at radius 3 is 2.87 bits per heavy atom. The lowest BCUT2D eigenvalue weighted by atomic mass is 9.93. The number of hydrogen-bond acceptors (Lipinski definition) is 3. The monoisotopic (exact) mass is 313 g/mol. The average Bonchev–Trinajstić information content (AvgIpc) is 2.85. The molecule has 122 valence electrons. The van der Waals surface area contributed by atoms with Crippen LogP contribution in [0.15, 0.2) is 30.3 Å². The van der Waals surface area contributed by atoms with Gasteiger partial charge in [-0.3, -0.25) is 4.79 Å². The smallest absolute Gasteiger partial charge is 0.226 e. The first-order valence-corrected chi connectivity index (χ1v) is 8.17. The number of ether oxygens (including phenoxy) is 1. The number of carbonyl (C=O) groups excluding carboxylic acids is 1. The van der Waals surface area contributed by atoms with E-state index >= 15 is 0 Å². The maximum atomic E-state index is 12.0. The Kier molecular flexibility index (Phi) is 4.76.